The first kappa shape index (κ1) is 24.4. The SMILES string of the molecule is O=c1cc(-c2ccc(Oc3c(O)cc(O)c4c(=O)cc(-c5ccc(O)cc5)oc34)cc2)oc2cc(O)cc(O)c12. The van der Waals surface area contributed by atoms with Crippen LogP contribution in [0.25, 0.3) is 44.6 Å². The van der Waals surface area contributed by atoms with Gasteiger partial charge in [0.2, 0.25) is 5.75 Å². The highest BCUT2D eigenvalue weighted by Crippen LogP contribution is 2.43. The van der Waals surface area contributed by atoms with E-state index in [0.717, 1.165) is 12.1 Å². The highest BCUT2D eigenvalue weighted by atomic mass is 16.5. The molecule has 6 rings (SSSR count). The van der Waals surface area contributed by atoms with Gasteiger partial charge in [-0.25, -0.2) is 0 Å². The smallest absolute Gasteiger partial charge is 0.212 e. The van der Waals surface area contributed by atoms with Gasteiger partial charge in [-0.2, -0.15) is 0 Å². The summed E-state index contributed by atoms with van der Waals surface area (Å²) in [5.41, 5.74) is -0.347. The lowest BCUT2D eigenvalue weighted by atomic mass is 10.1. The van der Waals surface area contributed by atoms with Gasteiger partial charge in [0.25, 0.3) is 0 Å². The van der Waals surface area contributed by atoms with Crippen molar-refractivity contribution in [3.63, 3.8) is 0 Å². The van der Waals surface area contributed by atoms with E-state index in [1.165, 1.54) is 54.6 Å². The van der Waals surface area contributed by atoms with E-state index in [1.807, 2.05) is 0 Å². The molecule has 0 spiro atoms. The van der Waals surface area contributed by atoms with Crippen molar-refractivity contribution in [3.05, 3.63) is 99.3 Å². The van der Waals surface area contributed by atoms with Gasteiger partial charge in [0.05, 0.1) is 0 Å². The van der Waals surface area contributed by atoms with E-state index < -0.39 is 28.1 Å². The van der Waals surface area contributed by atoms with Gasteiger partial charge < -0.3 is 39.1 Å². The topological polar surface area (TPSA) is 171 Å². The summed E-state index contributed by atoms with van der Waals surface area (Å²) in [7, 11) is 0. The molecule has 0 atom stereocenters. The van der Waals surface area contributed by atoms with Crippen molar-refractivity contribution in [1.29, 1.82) is 0 Å². The Morgan fingerprint density at radius 1 is 0.550 bits per heavy atom. The van der Waals surface area contributed by atoms with E-state index in [1.54, 1.807) is 12.1 Å². The van der Waals surface area contributed by atoms with Crippen molar-refractivity contribution in [2.45, 2.75) is 0 Å². The van der Waals surface area contributed by atoms with Gasteiger partial charge in [-0.05, 0) is 48.5 Å². The van der Waals surface area contributed by atoms with Crippen LogP contribution >= 0.6 is 0 Å². The predicted molar refractivity (Wildman–Crippen MR) is 144 cm³/mol. The summed E-state index contributed by atoms with van der Waals surface area (Å²) in [5, 5.41) is 50.0. The number of fused-ring (bicyclic) bond motifs is 2. The van der Waals surface area contributed by atoms with Gasteiger partial charge in [-0.15, -0.1) is 0 Å². The Hall–Kier alpha value is -5.90. The van der Waals surface area contributed by atoms with Crippen molar-refractivity contribution in [3.8, 4) is 62.9 Å². The first-order valence-electron chi connectivity index (χ1n) is 11.8. The van der Waals surface area contributed by atoms with E-state index in [-0.39, 0.29) is 56.5 Å². The highest BCUT2D eigenvalue weighted by molar-refractivity contribution is 5.92. The maximum absolute atomic E-state index is 12.9. The Morgan fingerprint density at radius 2 is 1.12 bits per heavy atom. The van der Waals surface area contributed by atoms with Crippen LogP contribution in [0.1, 0.15) is 0 Å². The van der Waals surface area contributed by atoms with Crippen LogP contribution in [-0.2, 0) is 0 Å². The first-order valence-corrected chi connectivity index (χ1v) is 11.8. The second-order valence-electron chi connectivity index (χ2n) is 8.91. The van der Waals surface area contributed by atoms with Crippen molar-refractivity contribution >= 4 is 21.9 Å². The molecule has 198 valence electrons. The number of phenols is 5. The largest absolute Gasteiger partial charge is 0.508 e. The molecule has 0 amide bonds. The molecule has 6 aromatic rings. The molecule has 0 unspecified atom stereocenters. The molecule has 4 aromatic carbocycles. The van der Waals surface area contributed by atoms with Gasteiger partial charge in [0.1, 0.15) is 56.6 Å². The predicted octanol–water partition coefficient (Wildman–Crippen LogP) is 5.55. The van der Waals surface area contributed by atoms with E-state index in [9.17, 15) is 35.1 Å². The molecular weight excluding hydrogens is 520 g/mol. The quantitative estimate of drug-likeness (QED) is 0.192. The van der Waals surface area contributed by atoms with Crippen LogP contribution in [0.15, 0.2) is 97.3 Å². The fourth-order valence-corrected chi connectivity index (χ4v) is 4.35. The summed E-state index contributed by atoms with van der Waals surface area (Å²) in [4.78, 5) is 25.4. The van der Waals surface area contributed by atoms with Crippen LogP contribution in [0.4, 0.5) is 0 Å². The molecule has 10 heteroatoms. The molecular formula is C30H18O10. The van der Waals surface area contributed by atoms with Gasteiger partial charge in [0.15, 0.2) is 22.2 Å². The lowest BCUT2D eigenvalue weighted by molar-refractivity contribution is 0.401. The van der Waals surface area contributed by atoms with Crippen LogP contribution in [0.2, 0.25) is 0 Å². The van der Waals surface area contributed by atoms with Gasteiger partial charge in [-0.1, -0.05) is 0 Å². The third-order valence-corrected chi connectivity index (χ3v) is 6.22. The molecule has 40 heavy (non-hydrogen) atoms. The fraction of sp³-hybridized carbons (Fsp3) is 0. The minimum Gasteiger partial charge on any atom is -0.508 e. The Kier molecular flexibility index (Phi) is 5.58. The van der Waals surface area contributed by atoms with Crippen LogP contribution in [0.5, 0.6) is 40.2 Å². The second-order valence-corrected chi connectivity index (χ2v) is 8.91. The second kappa shape index (κ2) is 9.14. The lowest BCUT2D eigenvalue weighted by Gasteiger charge is -2.13. The van der Waals surface area contributed by atoms with Crippen LogP contribution in [0.3, 0.4) is 0 Å². The van der Waals surface area contributed by atoms with Gasteiger partial charge >= 0.3 is 0 Å². The number of benzene rings is 4. The van der Waals surface area contributed by atoms with E-state index >= 15 is 0 Å². The average molecular weight is 538 g/mol. The van der Waals surface area contributed by atoms with Crippen molar-refractivity contribution in [2.75, 3.05) is 0 Å². The van der Waals surface area contributed by atoms with Crippen LogP contribution < -0.4 is 15.6 Å². The minimum atomic E-state index is -0.578. The van der Waals surface area contributed by atoms with Crippen molar-refractivity contribution in [2.24, 2.45) is 0 Å². The standard InChI is InChI=1S/C30H18O10/c31-16-5-1-14(2-6-16)25-13-22(36)28-20(34)11-23(37)29(30(28)40-25)38-18-7-3-15(4-8-18)24-12-21(35)27-19(33)9-17(32)10-26(27)39-24/h1-13,31-34,37H. The molecule has 0 saturated heterocycles. The maximum Gasteiger partial charge on any atom is 0.212 e. The van der Waals surface area contributed by atoms with E-state index in [0.29, 0.717) is 11.1 Å². The highest BCUT2D eigenvalue weighted by Gasteiger charge is 2.21. The summed E-state index contributed by atoms with van der Waals surface area (Å²) in [6.07, 6.45) is 0. The Bertz CT molecular complexity index is 2050. The summed E-state index contributed by atoms with van der Waals surface area (Å²) in [6, 6.07) is 17.7. The number of aromatic hydroxyl groups is 5. The molecule has 0 aliphatic rings. The summed E-state index contributed by atoms with van der Waals surface area (Å²) < 4.78 is 17.5. The van der Waals surface area contributed by atoms with Crippen LogP contribution in [0, 0.1) is 0 Å². The maximum atomic E-state index is 12.9. The summed E-state index contributed by atoms with van der Waals surface area (Å²) >= 11 is 0. The Labute approximate surface area is 223 Å². The number of ether oxygens (including phenoxy) is 1. The number of hydrogen-bond acceptors (Lipinski definition) is 10. The zero-order chi connectivity index (χ0) is 28.1. The molecule has 2 aromatic heterocycles. The molecule has 0 fully saturated rings. The molecule has 0 bridgehead atoms. The minimum absolute atomic E-state index is 0.000253. The lowest BCUT2D eigenvalue weighted by Crippen LogP contribution is -2.02. The normalized spacial score (nSPS) is 11.2. The van der Waals surface area contributed by atoms with Crippen molar-refractivity contribution in [1.82, 2.24) is 0 Å². The molecule has 0 aliphatic heterocycles. The van der Waals surface area contributed by atoms with Gasteiger partial charge in [0, 0.05) is 41.5 Å². The fourth-order valence-electron chi connectivity index (χ4n) is 4.35. The molecule has 5 N–H and O–H groups in total. The van der Waals surface area contributed by atoms with E-state index in [4.69, 9.17) is 13.6 Å². The first-order chi connectivity index (χ1) is 19.2. The van der Waals surface area contributed by atoms with Gasteiger partial charge in [-0.3, -0.25) is 9.59 Å². The van der Waals surface area contributed by atoms with Crippen molar-refractivity contribution < 1.29 is 39.1 Å². The molecule has 0 saturated carbocycles. The molecule has 0 radical (unpaired) electrons. The number of phenolic OH excluding ortho intramolecular Hbond substituents is 5. The average Bonchev–Trinajstić information content (AvgIpc) is 2.90. The summed E-state index contributed by atoms with van der Waals surface area (Å²) in [5.74, 6) is -1.36. The number of hydrogen-bond donors (Lipinski definition) is 5. The zero-order valence-corrected chi connectivity index (χ0v) is 20.3. The molecule has 2 heterocycles. The molecule has 10 nitrogen and oxygen atoms in total. The third-order valence-electron chi connectivity index (χ3n) is 6.22. The monoisotopic (exact) mass is 538 g/mol. The summed E-state index contributed by atoms with van der Waals surface area (Å²) in [6.45, 7) is 0. The Balaban J connectivity index is 1.40. The Morgan fingerprint density at radius 3 is 1.80 bits per heavy atom. The zero-order valence-electron chi connectivity index (χ0n) is 20.3. The molecule has 0 aliphatic carbocycles. The van der Waals surface area contributed by atoms with Crippen LogP contribution in [-0.4, -0.2) is 25.5 Å². The number of rotatable bonds is 4. The third kappa shape index (κ3) is 4.19. The van der Waals surface area contributed by atoms with E-state index in [2.05, 4.69) is 0 Å².